The molecule has 4 heterocycles. The number of hydrogen-bond acceptors (Lipinski definition) is 8. The second kappa shape index (κ2) is 9.80. The molecule has 3 aromatic heterocycles. The maximum Gasteiger partial charge on any atom is 0.277 e. The number of pyridine rings is 2. The monoisotopic (exact) mass is 463 g/mol. The van der Waals surface area contributed by atoms with E-state index >= 15 is 0 Å². The Labute approximate surface area is 200 Å². The smallest absolute Gasteiger partial charge is 0.277 e. The first-order valence-electron chi connectivity index (χ1n) is 11.6. The minimum Gasteiger partial charge on any atom is -0.374 e. The molecule has 1 fully saturated rings. The molecule has 34 heavy (non-hydrogen) atoms. The molecule has 1 aliphatic rings. The van der Waals surface area contributed by atoms with Crippen LogP contribution in [0.25, 0.3) is 11.4 Å². The van der Waals surface area contributed by atoms with E-state index in [1.165, 1.54) is 0 Å². The second-order valence-corrected chi connectivity index (χ2v) is 8.85. The van der Waals surface area contributed by atoms with E-state index in [4.69, 9.17) is 9.72 Å². The van der Waals surface area contributed by atoms with E-state index in [0.29, 0.717) is 36.9 Å². The second-order valence-electron chi connectivity index (χ2n) is 8.85. The van der Waals surface area contributed by atoms with E-state index in [1.54, 1.807) is 24.0 Å². The molecule has 1 aliphatic heterocycles. The molecule has 0 unspecified atom stereocenters. The topological polar surface area (TPSA) is 88.4 Å². The van der Waals surface area contributed by atoms with Crippen molar-refractivity contribution in [2.75, 3.05) is 48.9 Å². The van der Waals surface area contributed by atoms with Gasteiger partial charge in [-0.05, 0) is 44.5 Å². The quantitative estimate of drug-likeness (QED) is 0.572. The zero-order chi connectivity index (χ0) is 24.4. The number of nitrogens with one attached hydrogen (secondary N) is 1. The molecule has 1 N–H and O–H groups in total. The minimum atomic E-state index is -0.120. The first kappa shape index (κ1) is 23.7. The van der Waals surface area contributed by atoms with Crippen molar-refractivity contribution in [2.24, 2.45) is 7.05 Å². The molecule has 0 radical (unpaired) electrons. The largest absolute Gasteiger partial charge is 0.374 e. The average molecular weight is 464 g/mol. The summed E-state index contributed by atoms with van der Waals surface area (Å²) in [5, 5.41) is 3.46. The Morgan fingerprint density at radius 1 is 1.21 bits per heavy atom. The summed E-state index contributed by atoms with van der Waals surface area (Å²) in [4.78, 5) is 31.4. The number of anilines is 3. The third-order valence-corrected chi connectivity index (χ3v) is 6.22. The Morgan fingerprint density at radius 3 is 2.65 bits per heavy atom. The summed E-state index contributed by atoms with van der Waals surface area (Å²) in [6.07, 6.45) is 3.50. The Hall–Kier alpha value is -3.46. The fraction of sp³-hybridized carbons (Fsp3) is 0.440. The van der Waals surface area contributed by atoms with E-state index in [0.717, 1.165) is 22.8 Å². The summed E-state index contributed by atoms with van der Waals surface area (Å²) in [6.45, 7) is 7.85. The molecular formula is C25H33N7O2. The number of rotatable bonds is 7. The van der Waals surface area contributed by atoms with Gasteiger partial charge in [-0.2, -0.15) is 0 Å². The van der Waals surface area contributed by atoms with Crippen LogP contribution in [0.15, 0.2) is 41.5 Å². The van der Waals surface area contributed by atoms with E-state index in [9.17, 15) is 4.79 Å². The highest BCUT2D eigenvalue weighted by Crippen LogP contribution is 2.26. The zero-order valence-electron chi connectivity index (χ0n) is 20.7. The molecule has 0 aromatic carbocycles. The van der Waals surface area contributed by atoms with Crippen molar-refractivity contribution in [3.63, 3.8) is 0 Å². The molecule has 9 nitrogen and oxygen atoms in total. The van der Waals surface area contributed by atoms with Gasteiger partial charge in [0.25, 0.3) is 5.56 Å². The van der Waals surface area contributed by atoms with Gasteiger partial charge >= 0.3 is 0 Å². The number of ether oxygens (including phenoxy) is 1. The molecule has 0 saturated carbocycles. The molecular weight excluding hydrogens is 430 g/mol. The van der Waals surface area contributed by atoms with Crippen LogP contribution in [0.3, 0.4) is 0 Å². The van der Waals surface area contributed by atoms with Crippen molar-refractivity contribution in [3.8, 4) is 11.4 Å². The SMILES string of the molecule is CCO[C@@H]1CN(c2ccccn2)C[C@H]1Nc1c(C)nc(-c2cnc(N(C)C)cc2C)n(C)c1=O. The maximum absolute atomic E-state index is 13.4. The standard InChI is InChI=1S/C25H33N7O2/c1-7-34-20-15-32(21-10-8-9-11-26-21)14-19(20)29-23-17(3)28-24(31(6)25(23)33)18-13-27-22(30(4)5)12-16(18)2/h8-13,19-20,29H,7,14-15H2,1-6H3/t19-,20-/m1/s1. The van der Waals surface area contributed by atoms with E-state index in [2.05, 4.69) is 20.2 Å². The van der Waals surface area contributed by atoms with Crippen LogP contribution in [0.4, 0.5) is 17.3 Å². The van der Waals surface area contributed by atoms with Crippen LogP contribution in [-0.4, -0.2) is 65.5 Å². The van der Waals surface area contributed by atoms with Gasteiger partial charge in [-0.15, -0.1) is 0 Å². The summed E-state index contributed by atoms with van der Waals surface area (Å²) in [5.74, 6) is 2.37. The molecule has 3 aromatic rings. The first-order chi connectivity index (χ1) is 16.3. The minimum absolute atomic E-state index is 0.0659. The highest BCUT2D eigenvalue weighted by atomic mass is 16.5. The van der Waals surface area contributed by atoms with Crippen molar-refractivity contribution in [2.45, 2.75) is 32.9 Å². The fourth-order valence-corrected chi connectivity index (χ4v) is 4.34. The van der Waals surface area contributed by atoms with Crippen LogP contribution in [0.5, 0.6) is 0 Å². The molecule has 9 heteroatoms. The molecule has 2 atom stereocenters. The summed E-state index contributed by atoms with van der Waals surface area (Å²) in [7, 11) is 5.66. The third-order valence-electron chi connectivity index (χ3n) is 6.22. The fourth-order valence-electron chi connectivity index (χ4n) is 4.34. The van der Waals surface area contributed by atoms with E-state index in [1.807, 2.05) is 64.0 Å². The van der Waals surface area contributed by atoms with Crippen LogP contribution in [0.2, 0.25) is 0 Å². The summed E-state index contributed by atoms with van der Waals surface area (Å²) in [6, 6.07) is 7.80. The van der Waals surface area contributed by atoms with Crippen molar-refractivity contribution in [3.05, 3.63) is 58.3 Å². The molecule has 180 valence electrons. The third kappa shape index (κ3) is 4.61. The van der Waals surface area contributed by atoms with Crippen LogP contribution < -0.4 is 20.7 Å². The van der Waals surface area contributed by atoms with Gasteiger partial charge < -0.3 is 19.9 Å². The number of aryl methyl sites for hydroxylation is 2. The number of aromatic nitrogens is 4. The van der Waals surface area contributed by atoms with Gasteiger partial charge in [0.2, 0.25) is 0 Å². The lowest BCUT2D eigenvalue weighted by Gasteiger charge is -2.22. The van der Waals surface area contributed by atoms with Crippen molar-refractivity contribution < 1.29 is 4.74 Å². The summed E-state index contributed by atoms with van der Waals surface area (Å²) >= 11 is 0. The predicted molar refractivity (Wildman–Crippen MR) is 136 cm³/mol. The predicted octanol–water partition coefficient (Wildman–Crippen LogP) is 2.63. The van der Waals surface area contributed by atoms with Gasteiger partial charge in [-0.25, -0.2) is 15.0 Å². The highest BCUT2D eigenvalue weighted by Gasteiger charge is 2.35. The molecule has 1 saturated heterocycles. The Kier molecular flexibility index (Phi) is 6.83. The molecule has 0 amide bonds. The van der Waals surface area contributed by atoms with Gasteiger partial charge in [-0.1, -0.05) is 6.07 Å². The van der Waals surface area contributed by atoms with Crippen LogP contribution in [0.1, 0.15) is 18.2 Å². The van der Waals surface area contributed by atoms with Crippen LogP contribution in [0, 0.1) is 13.8 Å². The lowest BCUT2D eigenvalue weighted by atomic mass is 10.1. The molecule has 4 rings (SSSR count). The van der Waals surface area contributed by atoms with Crippen LogP contribution in [-0.2, 0) is 11.8 Å². The lowest BCUT2D eigenvalue weighted by Crippen LogP contribution is -2.38. The summed E-state index contributed by atoms with van der Waals surface area (Å²) < 4.78 is 7.61. The Morgan fingerprint density at radius 2 is 2.00 bits per heavy atom. The zero-order valence-corrected chi connectivity index (χ0v) is 20.7. The highest BCUT2D eigenvalue weighted by molar-refractivity contribution is 5.64. The van der Waals surface area contributed by atoms with E-state index in [-0.39, 0.29) is 17.7 Å². The van der Waals surface area contributed by atoms with Gasteiger partial charge in [0.1, 0.15) is 23.1 Å². The Balaban J connectivity index is 1.64. The Bertz CT molecular complexity index is 1210. The van der Waals surface area contributed by atoms with Gasteiger partial charge in [-0.3, -0.25) is 9.36 Å². The average Bonchev–Trinajstić information content (AvgIpc) is 3.22. The normalized spacial score (nSPS) is 17.8. The van der Waals surface area contributed by atoms with Gasteiger partial charge in [0, 0.05) is 58.8 Å². The number of nitrogens with zero attached hydrogens (tertiary/aromatic N) is 6. The van der Waals surface area contributed by atoms with E-state index < -0.39 is 0 Å². The van der Waals surface area contributed by atoms with Gasteiger partial charge in [0.15, 0.2) is 0 Å². The number of hydrogen-bond donors (Lipinski definition) is 1. The summed E-state index contributed by atoms with van der Waals surface area (Å²) in [5.41, 5.74) is 2.89. The van der Waals surface area contributed by atoms with Crippen molar-refractivity contribution in [1.82, 2.24) is 19.5 Å². The van der Waals surface area contributed by atoms with Crippen molar-refractivity contribution in [1.29, 1.82) is 0 Å². The molecule has 0 bridgehead atoms. The molecule has 0 spiro atoms. The van der Waals surface area contributed by atoms with Crippen LogP contribution >= 0.6 is 0 Å². The first-order valence-corrected chi connectivity index (χ1v) is 11.6. The van der Waals surface area contributed by atoms with Crippen molar-refractivity contribution >= 4 is 17.3 Å². The lowest BCUT2D eigenvalue weighted by molar-refractivity contribution is 0.0720. The van der Waals surface area contributed by atoms with Gasteiger partial charge in [0.05, 0.1) is 17.8 Å². The maximum atomic E-state index is 13.4. The molecule has 0 aliphatic carbocycles.